The van der Waals surface area contributed by atoms with Crippen molar-refractivity contribution in [2.45, 2.75) is 31.7 Å². The first-order chi connectivity index (χ1) is 6.68. The lowest BCUT2D eigenvalue weighted by Gasteiger charge is -2.24. The van der Waals surface area contributed by atoms with Crippen LogP contribution in [0.4, 0.5) is 0 Å². The second-order valence-corrected chi connectivity index (χ2v) is 4.28. The van der Waals surface area contributed by atoms with Crippen LogP contribution in [0.15, 0.2) is 10.9 Å². The van der Waals surface area contributed by atoms with Gasteiger partial charge in [-0.2, -0.15) is 0 Å². The topological polar surface area (TPSA) is 55.1 Å². The van der Waals surface area contributed by atoms with Crippen molar-refractivity contribution in [1.29, 1.82) is 0 Å². The van der Waals surface area contributed by atoms with Crippen molar-refractivity contribution in [3.63, 3.8) is 0 Å². The largest absolute Gasteiger partial charge is 0.481 e. The number of aromatic nitrogens is 2. The molecule has 5 heteroatoms. The highest BCUT2D eigenvalue weighted by Crippen LogP contribution is 2.30. The Balaban J connectivity index is 2.27. The van der Waals surface area contributed by atoms with Gasteiger partial charge in [-0.25, -0.2) is 4.98 Å². The van der Waals surface area contributed by atoms with E-state index in [0.29, 0.717) is 0 Å². The third kappa shape index (κ3) is 1.68. The van der Waals surface area contributed by atoms with Crippen molar-refractivity contribution < 1.29 is 9.90 Å². The molecule has 0 saturated carbocycles. The van der Waals surface area contributed by atoms with Gasteiger partial charge < -0.3 is 9.67 Å². The predicted molar refractivity (Wildman–Crippen MR) is 54.2 cm³/mol. The predicted octanol–water partition coefficient (Wildman–Crippen LogP) is 2.00. The standard InChI is InChI=1S/C9H11BrN2O2/c10-9-7-3-1-2-6(4-8(13)14)12(7)5-11-9/h5-6H,1-4H2,(H,13,14). The highest BCUT2D eigenvalue weighted by molar-refractivity contribution is 9.10. The molecular formula is C9H11BrN2O2. The number of carbonyl (C=O) groups is 1. The van der Waals surface area contributed by atoms with Gasteiger partial charge in [-0.05, 0) is 35.2 Å². The molecule has 1 aliphatic rings. The molecule has 1 aromatic rings. The zero-order valence-electron chi connectivity index (χ0n) is 7.61. The van der Waals surface area contributed by atoms with Crippen LogP contribution in [0.1, 0.15) is 31.0 Å². The van der Waals surface area contributed by atoms with Crippen molar-refractivity contribution >= 4 is 21.9 Å². The number of aliphatic carboxylic acids is 1. The maximum Gasteiger partial charge on any atom is 0.305 e. The number of hydrogen-bond donors (Lipinski definition) is 1. The van der Waals surface area contributed by atoms with Crippen molar-refractivity contribution in [1.82, 2.24) is 9.55 Å². The van der Waals surface area contributed by atoms with Crippen molar-refractivity contribution in [3.8, 4) is 0 Å². The van der Waals surface area contributed by atoms with E-state index in [1.807, 2.05) is 4.57 Å². The van der Waals surface area contributed by atoms with Gasteiger partial charge in [0.2, 0.25) is 0 Å². The van der Waals surface area contributed by atoms with Crippen LogP contribution in [0.5, 0.6) is 0 Å². The summed E-state index contributed by atoms with van der Waals surface area (Å²) in [4.78, 5) is 14.8. The van der Waals surface area contributed by atoms with E-state index in [9.17, 15) is 4.79 Å². The quantitative estimate of drug-likeness (QED) is 0.883. The van der Waals surface area contributed by atoms with E-state index in [4.69, 9.17) is 5.11 Å². The fourth-order valence-electron chi connectivity index (χ4n) is 1.96. The first kappa shape index (κ1) is 9.71. The molecule has 4 nitrogen and oxygen atoms in total. The Bertz CT molecular complexity index is 362. The van der Waals surface area contributed by atoms with Gasteiger partial charge in [-0.1, -0.05) is 0 Å². The Morgan fingerprint density at radius 1 is 1.79 bits per heavy atom. The Hall–Kier alpha value is -0.840. The summed E-state index contributed by atoms with van der Waals surface area (Å²) in [7, 11) is 0. The maximum atomic E-state index is 10.6. The van der Waals surface area contributed by atoms with Crippen LogP contribution in [0, 0.1) is 0 Å². The van der Waals surface area contributed by atoms with Crippen molar-refractivity contribution in [2.24, 2.45) is 0 Å². The van der Waals surface area contributed by atoms with Crippen LogP contribution >= 0.6 is 15.9 Å². The van der Waals surface area contributed by atoms with Gasteiger partial charge in [-0.15, -0.1) is 0 Å². The molecule has 0 spiro atoms. The van der Waals surface area contributed by atoms with Gasteiger partial charge in [0.05, 0.1) is 18.4 Å². The average molecular weight is 259 g/mol. The zero-order chi connectivity index (χ0) is 10.1. The number of imidazole rings is 1. The molecule has 0 aliphatic carbocycles. The highest BCUT2D eigenvalue weighted by Gasteiger charge is 2.23. The van der Waals surface area contributed by atoms with Crippen molar-refractivity contribution in [2.75, 3.05) is 0 Å². The van der Waals surface area contributed by atoms with Crippen LogP contribution < -0.4 is 0 Å². The third-order valence-corrected chi connectivity index (χ3v) is 3.26. The molecule has 1 unspecified atom stereocenters. The number of nitrogens with zero attached hydrogens (tertiary/aromatic N) is 2. The molecule has 0 saturated heterocycles. The van der Waals surface area contributed by atoms with E-state index in [1.54, 1.807) is 6.33 Å². The molecular weight excluding hydrogens is 248 g/mol. The monoisotopic (exact) mass is 258 g/mol. The van der Waals surface area contributed by atoms with E-state index < -0.39 is 5.97 Å². The molecule has 76 valence electrons. The van der Waals surface area contributed by atoms with Gasteiger partial charge in [0.15, 0.2) is 0 Å². The lowest BCUT2D eigenvalue weighted by molar-refractivity contribution is -0.138. The SMILES string of the molecule is O=C(O)CC1CCCc2c(Br)ncn21. The Morgan fingerprint density at radius 2 is 2.57 bits per heavy atom. The van der Waals surface area contributed by atoms with Crippen LogP contribution in [0.3, 0.4) is 0 Å². The summed E-state index contributed by atoms with van der Waals surface area (Å²) in [5.74, 6) is -0.743. The fourth-order valence-corrected chi connectivity index (χ4v) is 2.45. The summed E-state index contributed by atoms with van der Waals surface area (Å²) in [6.45, 7) is 0. The van der Waals surface area contributed by atoms with Crippen LogP contribution in [0.2, 0.25) is 0 Å². The Kier molecular flexibility index (Phi) is 2.58. The molecule has 0 bridgehead atoms. The van der Waals surface area contributed by atoms with Gasteiger partial charge in [-0.3, -0.25) is 4.79 Å². The summed E-state index contributed by atoms with van der Waals surface area (Å²) in [5.41, 5.74) is 1.13. The number of hydrogen-bond acceptors (Lipinski definition) is 2. The minimum atomic E-state index is -0.743. The molecule has 2 rings (SSSR count). The molecule has 1 atom stereocenters. The second kappa shape index (κ2) is 3.73. The van der Waals surface area contributed by atoms with Crippen LogP contribution in [-0.2, 0) is 11.2 Å². The first-order valence-corrected chi connectivity index (χ1v) is 5.41. The van der Waals surface area contributed by atoms with Crippen LogP contribution in [0.25, 0.3) is 0 Å². The fraction of sp³-hybridized carbons (Fsp3) is 0.556. The highest BCUT2D eigenvalue weighted by atomic mass is 79.9. The minimum Gasteiger partial charge on any atom is -0.481 e. The van der Waals surface area contributed by atoms with Crippen molar-refractivity contribution in [3.05, 3.63) is 16.6 Å². The molecule has 14 heavy (non-hydrogen) atoms. The Morgan fingerprint density at radius 3 is 3.29 bits per heavy atom. The smallest absolute Gasteiger partial charge is 0.305 e. The number of rotatable bonds is 2. The van der Waals surface area contributed by atoms with Crippen LogP contribution in [-0.4, -0.2) is 20.6 Å². The number of fused-ring (bicyclic) bond motifs is 1. The molecule has 1 aliphatic heterocycles. The summed E-state index contributed by atoms with van der Waals surface area (Å²) in [6.07, 6.45) is 4.88. The van der Waals surface area contributed by atoms with Gasteiger partial charge in [0.25, 0.3) is 0 Å². The number of carboxylic acids is 1. The molecule has 2 heterocycles. The number of carboxylic acid groups (broad SMARTS) is 1. The molecule has 0 radical (unpaired) electrons. The zero-order valence-corrected chi connectivity index (χ0v) is 9.20. The first-order valence-electron chi connectivity index (χ1n) is 4.61. The lowest BCUT2D eigenvalue weighted by Crippen LogP contribution is -2.19. The summed E-state index contributed by atoms with van der Waals surface area (Å²) in [5, 5.41) is 8.75. The molecule has 1 aromatic heterocycles. The maximum absolute atomic E-state index is 10.6. The van der Waals surface area contributed by atoms with E-state index in [1.165, 1.54) is 0 Å². The van der Waals surface area contributed by atoms with E-state index in [0.717, 1.165) is 29.6 Å². The summed E-state index contributed by atoms with van der Waals surface area (Å²) >= 11 is 3.37. The van der Waals surface area contributed by atoms with E-state index in [-0.39, 0.29) is 12.5 Å². The molecule has 1 N–H and O–H groups in total. The molecule has 0 aromatic carbocycles. The Labute approximate surface area is 90.1 Å². The minimum absolute atomic E-state index is 0.0787. The molecule has 0 amide bonds. The lowest BCUT2D eigenvalue weighted by atomic mass is 10.0. The number of halogens is 1. The van der Waals surface area contributed by atoms with E-state index >= 15 is 0 Å². The third-order valence-electron chi connectivity index (χ3n) is 2.60. The van der Waals surface area contributed by atoms with Gasteiger partial charge >= 0.3 is 5.97 Å². The summed E-state index contributed by atoms with van der Waals surface area (Å²) < 4.78 is 2.84. The average Bonchev–Trinajstić information content (AvgIpc) is 2.49. The van der Waals surface area contributed by atoms with Gasteiger partial charge in [0.1, 0.15) is 4.60 Å². The van der Waals surface area contributed by atoms with Gasteiger partial charge in [0, 0.05) is 6.04 Å². The molecule has 0 fully saturated rings. The second-order valence-electron chi connectivity index (χ2n) is 3.53. The van der Waals surface area contributed by atoms with E-state index in [2.05, 4.69) is 20.9 Å². The summed E-state index contributed by atoms with van der Waals surface area (Å²) in [6, 6.07) is 0.0787. The normalized spacial score (nSPS) is 20.5.